The maximum atomic E-state index is 13.5. The second-order valence-electron chi connectivity index (χ2n) is 6.65. The van der Waals surface area contributed by atoms with Crippen molar-refractivity contribution < 1.29 is 9.18 Å². The fourth-order valence-electron chi connectivity index (χ4n) is 3.10. The number of amidine groups is 1. The number of hydrogen-bond donors (Lipinski definition) is 1. The smallest absolute Gasteiger partial charge is 0.235 e. The van der Waals surface area contributed by atoms with Gasteiger partial charge < -0.3 is 5.32 Å². The summed E-state index contributed by atoms with van der Waals surface area (Å²) < 4.78 is 14.2. The van der Waals surface area contributed by atoms with E-state index in [1.165, 1.54) is 35.2 Å². The Labute approximate surface area is 181 Å². The van der Waals surface area contributed by atoms with Crippen molar-refractivity contribution in [2.45, 2.75) is 24.1 Å². The average Bonchev–Trinajstić information content (AvgIpc) is 3.08. The van der Waals surface area contributed by atoms with Gasteiger partial charge in [0.1, 0.15) is 16.7 Å². The molecule has 0 radical (unpaired) electrons. The Bertz CT molecular complexity index is 1140. The summed E-state index contributed by atoms with van der Waals surface area (Å²) in [5, 5.41) is 11.8. The number of nitrogens with zero attached hydrogens (tertiary/aromatic N) is 4. The molecule has 4 rings (SSSR count). The highest BCUT2D eigenvalue weighted by atomic mass is 32.2. The van der Waals surface area contributed by atoms with Crippen LogP contribution in [-0.2, 0) is 4.79 Å². The molecule has 0 fully saturated rings. The third-order valence-corrected chi connectivity index (χ3v) is 6.39. The maximum Gasteiger partial charge on any atom is 0.235 e. The normalized spacial score (nSPS) is 15.6. The molecule has 30 heavy (non-hydrogen) atoms. The molecule has 6 nitrogen and oxygen atoms in total. The number of carbonyl (C=O) groups excluding carboxylic acids is 1. The van der Waals surface area contributed by atoms with E-state index in [4.69, 9.17) is 9.98 Å². The molecule has 2 aromatic carbocycles. The van der Waals surface area contributed by atoms with E-state index in [1.807, 2.05) is 38.1 Å². The lowest BCUT2D eigenvalue weighted by atomic mass is 9.93. The largest absolute Gasteiger partial charge is 0.313 e. The lowest BCUT2D eigenvalue weighted by Gasteiger charge is -2.19. The number of aryl methyl sites for hydroxylation is 1. The number of benzene rings is 2. The number of nitrogens with one attached hydrogen (secondary N) is 1. The fraction of sp³-hybridized carbons (Fsp3) is 0.190. The predicted octanol–water partition coefficient (Wildman–Crippen LogP) is 4.81. The highest BCUT2D eigenvalue weighted by molar-refractivity contribution is 8.01. The fourth-order valence-corrected chi connectivity index (χ4v) is 4.71. The Balaban J connectivity index is 1.63. The van der Waals surface area contributed by atoms with Crippen LogP contribution in [0.5, 0.6) is 0 Å². The molecule has 9 heteroatoms. The van der Waals surface area contributed by atoms with Crippen LogP contribution in [0.3, 0.4) is 0 Å². The second-order valence-corrected chi connectivity index (χ2v) is 9.05. The van der Waals surface area contributed by atoms with Gasteiger partial charge >= 0.3 is 0 Å². The highest BCUT2D eigenvalue weighted by Gasteiger charge is 2.26. The van der Waals surface area contributed by atoms with Crippen molar-refractivity contribution in [2.24, 2.45) is 9.98 Å². The number of amides is 1. The minimum atomic E-state index is -0.393. The van der Waals surface area contributed by atoms with Gasteiger partial charge in [-0.25, -0.2) is 9.38 Å². The molecular formula is C21H18FN5OS2. The topological polar surface area (TPSA) is 79.6 Å². The molecule has 1 atom stereocenters. The van der Waals surface area contributed by atoms with E-state index in [9.17, 15) is 9.18 Å². The van der Waals surface area contributed by atoms with Crippen molar-refractivity contribution >= 4 is 51.9 Å². The minimum Gasteiger partial charge on any atom is -0.313 e. The first-order chi connectivity index (χ1) is 14.5. The van der Waals surface area contributed by atoms with E-state index >= 15 is 0 Å². The SMILES string of the molecule is CC1=Nc2ccccc2N=C(NC(=O)CSc2nnc(C)s2)C1c1ccc(F)cc1. The van der Waals surface area contributed by atoms with Crippen LogP contribution in [0.1, 0.15) is 23.4 Å². The van der Waals surface area contributed by atoms with E-state index in [0.717, 1.165) is 26.3 Å². The van der Waals surface area contributed by atoms with E-state index < -0.39 is 5.92 Å². The Morgan fingerprint density at radius 3 is 2.43 bits per heavy atom. The van der Waals surface area contributed by atoms with Crippen LogP contribution in [0, 0.1) is 12.7 Å². The highest BCUT2D eigenvalue weighted by Crippen LogP contribution is 2.34. The van der Waals surface area contributed by atoms with Crippen molar-refractivity contribution in [2.75, 3.05) is 5.75 Å². The maximum absolute atomic E-state index is 13.5. The van der Waals surface area contributed by atoms with Crippen LogP contribution in [-0.4, -0.2) is 33.4 Å². The summed E-state index contributed by atoms with van der Waals surface area (Å²) in [4.78, 5) is 22.1. The van der Waals surface area contributed by atoms with Crippen LogP contribution in [0.2, 0.25) is 0 Å². The number of hydrogen-bond acceptors (Lipinski definition) is 7. The number of fused-ring (bicyclic) bond motifs is 1. The molecule has 1 aliphatic rings. The van der Waals surface area contributed by atoms with E-state index in [-0.39, 0.29) is 17.5 Å². The Morgan fingerprint density at radius 1 is 1.07 bits per heavy atom. The Morgan fingerprint density at radius 2 is 1.77 bits per heavy atom. The third kappa shape index (κ3) is 4.63. The van der Waals surface area contributed by atoms with Gasteiger partial charge in [-0.2, -0.15) is 0 Å². The van der Waals surface area contributed by atoms with Gasteiger partial charge in [-0.15, -0.1) is 10.2 Å². The summed E-state index contributed by atoms with van der Waals surface area (Å²) in [5.41, 5.74) is 2.96. The monoisotopic (exact) mass is 439 g/mol. The van der Waals surface area contributed by atoms with E-state index in [1.54, 1.807) is 12.1 Å². The lowest BCUT2D eigenvalue weighted by Crippen LogP contribution is -2.38. The molecule has 3 aromatic rings. The molecule has 0 spiro atoms. The van der Waals surface area contributed by atoms with Crippen molar-refractivity contribution in [3.8, 4) is 0 Å². The summed E-state index contributed by atoms with van der Waals surface area (Å²) in [6.07, 6.45) is 0. The van der Waals surface area contributed by atoms with Crippen LogP contribution in [0.4, 0.5) is 15.8 Å². The first-order valence-corrected chi connectivity index (χ1v) is 11.0. The quantitative estimate of drug-likeness (QED) is 0.592. The zero-order valence-electron chi connectivity index (χ0n) is 16.3. The van der Waals surface area contributed by atoms with Gasteiger partial charge in [0.2, 0.25) is 5.91 Å². The van der Waals surface area contributed by atoms with Crippen molar-refractivity contribution in [1.29, 1.82) is 0 Å². The number of aromatic nitrogens is 2. The van der Waals surface area contributed by atoms with Crippen LogP contribution >= 0.6 is 23.1 Å². The van der Waals surface area contributed by atoms with Gasteiger partial charge in [-0.3, -0.25) is 9.79 Å². The lowest BCUT2D eigenvalue weighted by molar-refractivity contribution is -0.117. The minimum absolute atomic E-state index is 0.182. The number of rotatable bonds is 4. The van der Waals surface area contributed by atoms with Gasteiger partial charge in [-0.1, -0.05) is 47.4 Å². The van der Waals surface area contributed by atoms with Crippen LogP contribution < -0.4 is 5.32 Å². The zero-order valence-corrected chi connectivity index (χ0v) is 17.9. The molecular weight excluding hydrogens is 421 g/mol. The van der Waals surface area contributed by atoms with Crippen LogP contribution in [0.15, 0.2) is 62.9 Å². The van der Waals surface area contributed by atoms with Crippen molar-refractivity contribution in [1.82, 2.24) is 15.5 Å². The summed E-state index contributed by atoms with van der Waals surface area (Å²) in [5.74, 6) is -0.272. The molecule has 152 valence electrons. The average molecular weight is 440 g/mol. The molecule has 2 heterocycles. The Kier molecular flexibility index (Phi) is 6.01. The molecule has 1 aromatic heterocycles. The summed E-state index contributed by atoms with van der Waals surface area (Å²) in [6, 6.07) is 13.7. The van der Waals surface area contributed by atoms with E-state index in [0.29, 0.717) is 11.5 Å². The number of thioether (sulfide) groups is 1. The second kappa shape index (κ2) is 8.85. The number of carbonyl (C=O) groups is 1. The van der Waals surface area contributed by atoms with Crippen LogP contribution in [0.25, 0.3) is 0 Å². The molecule has 1 N–H and O–H groups in total. The summed E-state index contributed by atoms with van der Waals surface area (Å²) in [6.45, 7) is 3.76. The summed E-state index contributed by atoms with van der Waals surface area (Å²) >= 11 is 2.77. The third-order valence-electron chi connectivity index (χ3n) is 4.42. The van der Waals surface area contributed by atoms with Gasteiger partial charge in [0, 0.05) is 5.71 Å². The number of para-hydroxylation sites is 2. The first-order valence-electron chi connectivity index (χ1n) is 9.20. The molecule has 0 saturated carbocycles. The first kappa shape index (κ1) is 20.4. The summed E-state index contributed by atoms with van der Waals surface area (Å²) in [7, 11) is 0. The number of aliphatic imine (C=N–C) groups is 2. The predicted molar refractivity (Wildman–Crippen MR) is 119 cm³/mol. The van der Waals surface area contributed by atoms with Gasteiger partial charge in [-0.05, 0) is 43.7 Å². The van der Waals surface area contributed by atoms with E-state index in [2.05, 4.69) is 15.5 Å². The molecule has 1 unspecified atom stereocenters. The Hall–Kier alpha value is -2.91. The molecule has 0 bridgehead atoms. The standard InChI is InChI=1S/C21H18FN5OS2/c1-12-19(14-7-9-15(22)10-8-14)20(24-17-6-4-3-5-16(17)23-12)25-18(28)11-29-21-27-26-13(2)30-21/h3-10,19H,11H2,1-2H3,(H,24,25,28). The van der Waals surface area contributed by atoms with Crippen molar-refractivity contribution in [3.05, 3.63) is 64.9 Å². The molecule has 0 saturated heterocycles. The van der Waals surface area contributed by atoms with Crippen molar-refractivity contribution in [3.63, 3.8) is 0 Å². The van der Waals surface area contributed by atoms with Gasteiger partial charge in [0.15, 0.2) is 4.34 Å². The molecule has 0 aliphatic carbocycles. The molecule has 1 amide bonds. The number of halogens is 1. The van der Waals surface area contributed by atoms with Gasteiger partial charge in [0.05, 0.1) is 23.0 Å². The zero-order chi connectivity index (χ0) is 21.1. The van der Waals surface area contributed by atoms with Gasteiger partial charge in [0.25, 0.3) is 0 Å². The molecule has 1 aliphatic heterocycles.